The Kier molecular flexibility index (Phi) is 5.11. The highest BCUT2D eigenvalue weighted by molar-refractivity contribution is 5.76. The highest BCUT2D eigenvalue weighted by Gasteiger charge is 2.40. The van der Waals surface area contributed by atoms with Crippen molar-refractivity contribution < 1.29 is 22.4 Å². The third-order valence-electron chi connectivity index (χ3n) is 5.00. The van der Waals surface area contributed by atoms with Crippen LogP contribution in [0.2, 0.25) is 0 Å². The van der Waals surface area contributed by atoms with Crippen molar-refractivity contribution in [2.24, 2.45) is 0 Å². The molecule has 1 aliphatic rings. The Bertz CT molecular complexity index is 765. The summed E-state index contributed by atoms with van der Waals surface area (Å²) in [6.45, 7) is 1.75. The second-order valence-electron chi connectivity index (χ2n) is 6.75. The van der Waals surface area contributed by atoms with Crippen molar-refractivity contribution in [3.05, 3.63) is 41.1 Å². The number of likely N-dealkylation sites (N-methyl/N-ethyl adjacent to an activating group) is 1. The molecule has 0 bridgehead atoms. The van der Waals surface area contributed by atoms with Gasteiger partial charge in [0.1, 0.15) is 12.3 Å². The summed E-state index contributed by atoms with van der Waals surface area (Å²) < 4.78 is 45.9. The number of hydrogen-bond acceptors (Lipinski definition) is 3. The van der Waals surface area contributed by atoms with Crippen LogP contribution in [-0.4, -0.2) is 33.7 Å². The molecule has 0 radical (unpaired) electrons. The lowest BCUT2D eigenvalue weighted by atomic mass is 10.1. The van der Waals surface area contributed by atoms with Crippen molar-refractivity contribution in [3.63, 3.8) is 0 Å². The third kappa shape index (κ3) is 3.78. The van der Waals surface area contributed by atoms with E-state index in [-0.39, 0.29) is 24.1 Å². The van der Waals surface area contributed by atoms with Crippen molar-refractivity contribution in [1.82, 2.24) is 14.7 Å². The van der Waals surface area contributed by atoms with E-state index in [0.717, 1.165) is 5.76 Å². The quantitative estimate of drug-likeness (QED) is 0.784. The summed E-state index contributed by atoms with van der Waals surface area (Å²) in [6.07, 6.45) is 0.0926. The molecular formula is C18H22F3N3O2. The predicted molar refractivity (Wildman–Crippen MR) is 88.5 cm³/mol. The minimum Gasteiger partial charge on any atom is -0.469 e. The van der Waals surface area contributed by atoms with Gasteiger partial charge in [-0.05, 0) is 44.7 Å². The molecule has 1 atom stereocenters. The van der Waals surface area contributed by atoms with Gasteiger partial charge in [0.05, 0.1) is 6.26 Å². The topological polar surface area (TPSA) is 51.3 Å². The number of halogens is 3. The molecule has 8 heteroatoms. The van der Waals surface area contributed by atoms with Gasteiger partial charge in [-0.1, -0.05) is 0 Å². The Morgan fingerprint density at radius 1 is 1.42 bits per heavy atom. The Hall–Kier alpha value is -2.25. The minimum atomic E-state index is -4.48. The molecule has 1 unspecified atom stereocenters. The first-order valence-corrected chi connectivity index (χ1v) is 8.71. The molecule has 0 fully saturated rings. The normalized spacial score (nSPS) is 15.1. The summed E-state index contributed by atoms with van der Waals surface area (Å²) in [4.78, 5) is 14.1. The van der Waals surface area contributed by atoms with E-state index >= 15 is 0 Å². The Balaban J connectivity index is 1.66. The lowest BCUT2D eigenvalue weighted by molar-refractivity contribution is -0.142. The molecule has 2 aromatic heterocycles. The van der Waals surface area contributed by atoms with Gasteiger partial charge in [0.15, 0.2) is 5.69 Å². The molecule has 5 nitrogen and oxygen atoms in total. The number of carbonyl (C=O) groups is 1. The highest BCUT2D eigenvalue weighted by atomic mass is 19.4. The van der Waals surface area contributed by atoms with Gasteiger partial charge in [0.25, 0.3) is 0 Å². The second kappa shape index (κ2) is 7.17. The fourth-order valence-electron chi connectivity index (χ4n) is 3.35. The molecule has 2 heterocycles. The SMILES string of the molecule is CC(CCc1ccco1)N(C)C(=O)Cn1nc(C(F)(F)F)c2c1CCC2. The van der Waals surface area contributed by atoms with Crippen molar-refractivity contribution in [1.29, 1.82) is 0 Å². The first-order chi connectivity index (χ1) is 12.3. The van der Waals surface area contributed by atoms with Crippen LogP contribution in [0.25, 0.3) is 0 Å². The van der Waals surface area contributed by atoms with Crippen LogP contribution in [0, 0.1) is 0 Å². The number of rotatable bonds is 6. The molecule has 0 aliphatic heterocycles. The van der Waals surface area contributed by atoms with E-state index in [1.54, 1.807) is 18.2 Å². The smallest absolute Gasteiger partial charge is 0.435 e. The van der Waals surface area contributed by atoms with Crippen LogP contribution in [0.5, 0.6) is 0 Å². The molecule has 0 saturated carbocycles. The number of fused-ring (bicyclic) bond motifs is 1. The van der Waals surface area contributed by atoms with E-state index in [1.807, 2.05) is 19.1 Å². The summed E-state index contributed by atoms with van der Waals surface area (Å²) in [5.41, 5.74) is -0.0487. The summed E-state index contributed by atoms with van der Waals surface area (Å²) in [6, 6.07) is 3.63. The minimum absolute atomic E-state index is 0.0571. The molecule has 142 valence electrons. The lowest BCUT2D eigenvalue weighted by Gasteiger charge is -2.25. The fourth-order valence-corrected chi connectivity index (χ4v) is 3.35. The summed E-state index contributed by atoms with van der Waals surface area (Å²) in [5, 5.41) is 3.70. The molecule has 26 heavy (non-hydrogen) atoms. The number of aromatic nitrogens is 2. The standard InChI is InChI=1S/C18H22F3N3O2/c1-12(8-9-13-5-4-10-26-13)23(2)16(25)11-24-15-7-3-6-14(15)17(22-24)18(19,20)21/h4-5,10,12H,3,6-9,11H2,1-2H3. The van der Waals surface area contributed by atoms with Crippen molar-refractivity contribution in [3.8, 4) is 0 Å². The summed E-state index contributed by atoms with van der Waals surface area (Å²) in [5.74, 6) is 0.597. The van der Waals surface area contributed by atoms with Gasteiger partial charge in [-0.3, -0.25) is 9.48 Å². The number of nitrogens with zero attached hydrogens (tertiary/aromatic N) is 3. The molecule has 1 aliphatic carbocycles. The molecule has 3 rings (SSSR count). The zero-order valence-electron chi connectivity index (χ0n) is 14.8. The maximum atomic E-state index is 13.1. The van der Waals surface area contributed by atoms with Crippen LogP contribution in [-0.2, 0) is 36.8 Å². The van der Waals surface area contributed by atoms with Crippen LogP contribution in [0.1, 0.15) is 42.5 Å². The molecular weight excluding hydrogens is 347 g/mol. The van der Waals surface area contributed by atoms with Crippen LogP contribution in [0.3, 0.4) is 0 Å². The molecule has 1 amide bonds. The van der Waals surface area contributed by atoms with E-state index in [9.17, 15) is 18.0 Å². The van der Waals surface area contributed by atoms with Gasteiger partial charge in [-0.2, -0.15) is 18.3 Å². The van der Waals surface area contributed by atoms with Crippen LogP contribution < -0.4 is 0 Å². The Labute approximate surface area is 149 Å². The largest absolute Gasteiger partial charge is 0.469 e. The van der Waals surface area contributed by atoms with E-state index < -0.39 is 11.9 Å². The Morgan fingerprint density at radius 3 is 2.85 bits per heavy atom. The highest BCUT2D eigenvalue weighted by Crippen LogP contribution is 2.36. The van der Waals surface area contributed by atoms with E-state index in [2.05, 4.69) is 5.10 Å². The van der Waals surface area contributed by atoms with Crippen molar-refractivity contribution >= 4 is 5.91 Å². The van der Waals surface area contributed by atoms with E-state index in [4.69, 9.17) is 4.42 Å². The fraction of sp³-hybridized carbons (Fsp3) is 0.556. The maximum absolute atomic E-state index is 13.1. The first kappa shape index (κ1) is 18.5. The van der Waals surface area contributed by atoms with Crippen molar-refractivity contribution in [2.45, 2.75) is 57.8 Å². The van der Waals surface area contributed by atoms with Gasteiger partial charge < -0.3 is 9.32 Å². The number of amides is 1. The van der Waals surface area contributed by atoms with Gasteiger partial charge in [-0.25, -0.2) is 0 Å². The number of furan rings is 1. The van der Waals surface area contributed by atoms with E-state index in [0.29, 0.717) is 37.8 Å². The Morgan fingerprint density at radius 2 is 2.19 bits per heavy atom. The zero-order valence-corrected chi connectivity index (χ0v) is 14.8. The monoisotopic (exact) mass is 369 g/mol. The molecule has 2 aromatic rings. The number of alkyl halides is 3. The lowest BCUT2D eigenvalue weighted by Crippen LogP contribution is -2.38. The number of aryl methyl sites for hydroxylation is 1. The molecule has 0 spiro atoms. The third-order valence-corrected chi connectivity index (χ3v) is 5.00. The maximum Gasteiger partial charge on any atom is 0.435 e. The summed E-state index contributed by atoms with van der Waals surface area (Å²) in [7, 11) is 1.67. The van der Waals surface area contributed by atoms with Crippen molar-refractivity contribution in [2.75, 3.05) is 7.05 Å². The number of carbonyl (C=O) groups excluding carboxylic acids is 1. The van der Waals surface area contributed by atoms with Gasteiger partial charge >= 0.3 is 6.18 Å². The van der Waals surface area contributed by atoms with Gasteiger partial charge in [-0.15, -0.1) is 0 Å². The average molecular weight is 369 g/mol. The number of hydrogen-bond donors (Lipinski definition) is 0. The van der Waals surface area contributed by atoms with Crippen LogP contribution in [0.4, 0.5) is 13.2 Å². The first-order valence-electron chi connectivity index (χ1n) is 8.71. The van der Waals surface area contributed by atoms with Gasteiger partial charge in [0.2, 0.25) is 5.91 Å². The molecule has 0 aromatic carbocycles. The second-order valence-corrected chi connectivity index (χ2v) is 6.75. The molecule has 0 N–H and O–H groups in total. The van der Waals surface area contributed by atoms with Crippen LogP contribution >= 0.6 is 0 Å². The van der Waals surface area contributed by atoms with E-state index in [1.165, 1.54) is 4.68 Å². The van der Waals surface area contributed by atoms with Gasteiger partial charge in [0, 0.05) is 30.8 Å². The average Bonchev–Trinajstić information content (AvgIpc) is 3.29. The van der Waals surface area contributed by atoms with Crippen LogP contribution in [0.15, 0.2) is 22.8 Å². The molecule has 0 saturated heterocycles. The summed E-state index contributed by atoms with van der Waals surface area (Å²) >= 11 is 0. The predicted octanol–water partition coefficient (Wildman–Crippen LogP) is 3.46. The zero-order chi connectivity index (χ0) is 18.9.